The van der Waals surface area contributed by atoms with Crippen molar-refractivity contribution in [3.63, 3.8) is 0 Å². The second-order valence-electron chi connectivity index (χ2n) is 7.53. The molecule has 2 amide bonds. The molecule has 0 aliphatic rings. The molecule has 0 radical (unpaired) electrons. The van der Waals surface area contributed by atoms with Gasteiger partial charge in [0.25, 0.3) is 0 Å². The SMILES string of the molecule is CN/[N+](=C\C(C)=N\C(=O)Nc1cccc(C(F)(F)F)c1)Cc1ccc(-c2ccnc(OC)c2)cc1. The molecule has 0 saturated heterocycles. The molecule has 3 rings (SSSR count). The summed E-state index contributed by atoms with van der Waals surface area (Å²) >= 11 is 0. The number of amides is 2. The van der Waals surface area contributed by atoms with Crippen molar-refractivity contribution in [1.82, 2.24) is 10.4 Å². The zero-order valence-electron chi connectivity index (χ0n) is 19.4. The molecule has 0 unspecified atom stereocenters. The number of aromatic nitrogens is 1. The Morgan fingerprint density at radius 1 is 1.11 bits per heavy atom. The molecule has 1 aromatic heterocycles. The first-order valence-corrected chi connectivity index (χ1v) is 10.6. The van der Waals surface area contributed by atoms with Crippen LogP contribution in [-0.4, -0.2) is 41.8 Å². The monoisotopic (exact) mass is 484 g/mol. The highest BCUT2D eigenvalue weighted by Gasteiger charge is 2.30. The lowest BCUT2D eigenvalue weighted by atomic mass is 10.1. The van der Waals surface area contributed by atoms with Gasteiger partial charge in [-0.2, -0.15) is 18.2 Å². The number of methoxy groups -OCH3 is 1. The minimum atomic E-state index is -4.50. The Labute approximate surface area is 201 Å². The second kappa shape index (κ2) is 11.3. The number of ether oxygens (including phenoxy) is 1. The Morgan fingerprint density at radius 3 is 2.51 bits per heavy atom. The van der Waals surface area contributed by atoms with Crippen molar-refractivity contribution in [3.05, 3.63) is 78.0 Å². The van der Waals surface area contributed by atoms with Crippen LogP contribution in [0.3, 0.4) is 0 Å². The van der Waals surface area contributed by atoms with Gasteiger partial charge in [0.1, 0.15) is 5.71 Å². The predicted octanol–water partition coefficient (Wildman–Crippen LogP) is 5.19. The van der Waals surface area contributed by atoms with E-state index in [0.717, 1.165) is 28.8 Å². The van der Waals surface area contributed by atoms with Crippen molar-refractivity contribution in [2.45, 2.75) is 19.6 Å². The lowest BCUT2D eigenvalue weighted by Crippen LogP contribution is -2.28. The number of halogens is 3. The molecule has 0 aliphatic carbocycles. The number of nitrogens with zero attached hydrogens (tertiary/aromatic N) is 3. The normalized spacial score (nSPS) is 12.3. The van der Waals surface area contributed by atoms with Crippen molar-refractivity contribution < 1.29 is 27.4 Å². The van der Waals surface area contributed by atoms with Crippen LogP contribution in [0.1, 0.15) is 18.1 Å². The fourth-order valence-electron chi connectivity index (χ4n) is 3.23. The van der Waals surface area contributed by atoms with Gasteiger partial charge in [0, 0.05) is 23.5 Å². The number of rotatable bonds is 7. The van der Waals surface area contributed by atoms with Gasteiger partial charge in [-0.15, -0.1) is 4.68 Å². The fourth-order valence-corrected chi connectivity index (χ4v) is 3.23. The van der Waals surface area contributed by atoms with E-state index in [4.69, 9.17) is 4.74 Å². The van der Waals surface area contributed by atoms with Crippen LogP contribution in [0, 0.1) is 0 Å². The van der Waals surface area contributed by atoms with E-state index in [2.05, 4.69) is 20.7 Å². The zero-order valence-corrected chi connectivity index (χ0v) is 19.4. The average Bonchev–Trinajstić information content (AvgIpc) is 2.83. The third-order valence-electron chi connectivity index (χ3n) is 4.93. The van der Waals surface area contributed by atoms with E-state index in [1.165, 1.54) is 12.1 Å². The maximum absolute atomic E-state index is 12.9. The summed E-state index contributed by atoms with van der Waals surface area (Å²) in [6.07, 6.45) is -1.18. The molecule has 35 heavy (non-hydrogen) atoms. The molecule has 2 aromatic carbocycles. The number of benzene rings is 2. The fraction of sp³-hybridized carbons (Fsp3) is 0.200. The van der Waals surface area contributed by atoms with Crippen LogP contribution in [0.4, 0.5) is 23.7 Å². The summed E-state index contributed by atoms with van der Waals surface area (Å²) in [7, 11) is 3.29. The van der Waals surface area contributed by atoms with Crippen LogP contribution in [0.25, 0.3) is 11.1 Å². The van der Waals surface area contributed by atoms with Gasteiger partial charge in [0.2, 0.25) is 12.1 Å². The largest absolute Gasteiger partial charge is 0.481 e. The molecule has 10 heteroatoms. The van der Waals surface area contributed by atoms with Gasteiger partial charge in [-0.1, -0.05) is 30.3 Å². The van der Waals surface area contributed by atoms with Gasteiger partial charge in [-0.25, -0.2) is 15.2 Å². The molecule has 0 fully saturated rings. The summed E-state index contributed by atoms with van der Waals surface area (Å²) in [4.78, 5) is 20.2. The number of urea groups is 1. The second-order valence-corrected chi connectivity index (χ2v) is 7.53. The topological polar surface area (TPSA) is 78.6 Å². The average molecular weight is 485 g/mol. The van der Waals surface area contributed by atoms with Gasteiger partial charge in [0.15, 0.2) is 6.54 Å². The molecular weight excluding hydrogens is 459 g/mol. The molecule has 0 atom stereocenters. The van der Waals surface area contributed by atoms with Crippen molar-refractivity contribution >= 4 is 23.6 Å². The molecule has 0 aliphatic heterocycles. The van der Waals surface area contributed by atoms with Crippen LogP contribution < -0.4 is 15.5 Å². The van der Waals surface area contributed by atoms with Gasteiger partial charge in [-0.05, 0) is 42.3 Å². The minimum absolute atomic E-state index is 0.0127. The van der Waals surface area contributed by atoms with E-state index >= 15 is 0 Å². The van der Waals surface area contributed by atoms with Crippen LogP contribution in [0.15, 0.2) is 71.9 Å². The zero-order chi connectivity index (χ0) is 25.4. The van der Waals surface area contributed by atoms with E-state index in [1.807, 2.05) is 36.4 Å². The van der Waals surface area contributed by atoms with E-state index in [-0.39, 0.29) is 5.69 Å². The highest BCUT2D eigenvalue weighted by atomic mass is 19.4. The Bertz CT molecular complexity index is 1240. The third kappa shape index (κ3) is 7.39. The number of pyridine rings is 1. The van der Waals surface area contributed by atoms with Gasteiger partial charge < -0.3 is 10.1 Å². The molecule has 182 valence electrons. The predicted molar refractivity (Wildman–Crippen MR) is 129 cm³/mol. The number of carbonyl (C=O) groups excluding carboxylic acids is 1. The summed E-state index contributed by atoms with van der Waals surface area (Å²) in [5.74, 6) is 0.536. The minimum Gasteiger partial charge on any atom is -0.481 e. The number of hydrazine groups is 1. The number of alkyl halides is 3. The molecule has 1 heterocycles. The van der Waals surface area contributed by atoms with E-state index < -0.39 is 17.8 Å². The summed E-state index contributed by atoms with van der Waals surface area (Å²) in [6.45, 7) is 2.11. The number of anilines is 1. The standard InChI is InChI=1S/C25H24F3N5O2/c1-17(31-24(34)32-22-6-4-5-21(14-22)25(26,27)28)15-33(29-2)16-18-7-9-19(10-8-18)20-11-12-30-23(13-20)35-3/h4-15H,16H2,1-3H3,(H-,29,31,32,34)/p+1. The number of hydrogen-bond acceptors (Lipinski definition) is 4. The summed E-state index contributed by atoms with van der Waals surface area (Å²) in [5, 5.41) is 2.36. The number of hydrogen-bond donors (Lipinski definition) is 2. The van der Waals surface area contributed by atoms with Crippen molar-refractivity contribution in [2.75, 3.05) is 19.5 Å². The van der Waals surface area contributed by atoms with Crippen LogP contribution in [-0.2, 0) is 12.7 Å². The van der Waals surface area contributed by atoms with E-state index in [0.29, 0.717) is 18.1 Å². The Kier molecular flexibility index (Phi) is 8.19. The first-order valence-electron chi connectivity index (χ1n) is 10.6. The molecule has 0 spiro atoms. The lowest BCUT2D eigenvalue weighted by Gasteiger charge is -2.08. The Balaban J connectivity index is 1.67. The van der Waals surface area contributed by atoms with Crippen molar-refractivity contribution in [3.8, 4) is 17.0 Å². The molecule has 2 N–H and O–H groups in total. The van der Waals surface area contributed by atoms with Gasteiger partial charge in [0.05, 0.1) is 19.7 Å². The lowest BCUT2D eigenvalue weighted by molar-refractivity contribution is -0.592. The van der Waals surface area contributed by atoms with E-state index in [1.54, 1.807) is 38.2 Å². The molecule has 3 aromatic rings. The number of nitrogens with one attached hydrogen (secondary N) is 2. The van der Waals surface area contributed by atoms with Crippen molar-refractivity contribution in [1.29, 1.82) is 0 Å². The van der Waals surface area contributed by atoms with E-state index in [9.17, 15) is 18.0 Å². The van der Waals surface area contributed by atoms with Crippen LogP contribution in [0.2, 0.25) is 0 Å². The highest BCUT2D eigenvalue weighted by Crippen LogP contribution is 2.30. The van der Waals surface area contributed by atoms with Gasteiger partial charge in [-0.3, -0.25) is 0 Å². The maximum Gasteiger partial charge on any atom is 0.416 e. The summed E-state index contributed by atoms with van der Waals surface area (Å²) in [6, 6.07) is 15.3. The smallest absolute Gasteiger partial charge is 0.416 e. The molecule has 0 saturated carbocycles. The summed E-state index contributed by atoms with van der Waals surface area (Å²) in [5.41, 5.74) is 5.53. The molecule has 7 nitrogen and oxygen atoms in total. The highest BCUT2D eigenvalue weighted by molar-refractivity contribution is 6.30. The van der Waals surface area contributed by atoms with Gasteiger partial charge >= 0.3 is 12.2 Å². The number of hydrazone groups is 1. The first kappa shape index (κ1) is 25.4. The molecule has 0 bridgehead atoms. The van der Waals surface area contributed by atoms with Crippen LogP contribution in [0.5, 0.6) is 5.88 Å². The number of aliphatic imine (C=N–C) groups is 1. The maximum atomic E-state index is 12.9. The van der Waals surface area contributed by atoms with Crippen LogP contribution >= 0.6 is 0 Å². The Hall–Kier alpha value is -4.21. The Morgan fingerprint density at radius 2 is 1.86 bits per heavy atom. The number of carbonyl (C=O) groups is 1. The van der Waals surface area contributed by atoms with Crippen molar-refractivity contribution in [2.24, 2.45) is 4.99 Å². The third-order valence-corrected chi connectivity index (χ3v) is 4.93. The first-order chi connectivity index (χ1) is 16.7. The molecular formula is C25H25F3N5O2+. The quantitative estimate of drug-likeness (QED) is 0.275. The summed E-state index contributed by atoms with van der Waals surface area (Å²) < 4.78 is 45.5.